The summed E-state index contributed by atoms with van der Waals surface area (Å²) in [4.78, 5) is 14.2. The number of carbonyl (C=O) groups is 1. The monoisotopic (exact) mass is 333 g/mol. The summed E-state index contributed by atoms with van der Waals surface area (Å²) in [5.74, 6) is -2.34. The Balaban J connectivity index is 1.60. The van der Waals surface area contributed by atoms with E-state index >= 15 is 0 Å². The molecular formula is C16H29F2N3O2. The van der Waals surface area contributed by atoms with Crippen molar-refractivity contribution in [2.75, 3.05) is 39.9 Å². The molecule has 1 saturated carbocycles. The van der Waals surface area contributed by atoms with Crippen LogP contribution in [0.4, 0.5) is 13.6 Å². The minimum absolute atomic E-state index is 0.0580. The lowest BCUT2D eigenvalue weighted by molar-refractivity contribution is -0.0451. The molecule has 0 aromatic heterocycles. The molecule has 1 aliphatic heterocycles. The minimum atomic E-state index is -2.51. The van der Waals surface area contributed by atoms with E-state index in [0.717, 1.165) is 25.9 Å². The summed E-state index contributed by atoms with van der Waals surface area (Å²) in [6.07, 6.45) is 3.09. The molecule has 0 unspecified atom stereocenters. The molecule has 0 aromatic carbocycles. The van der Waals surface area contributed by atoms with E-state index in [4.69, 9.17) is 4.74 Å². The molecule has 0 bridgehead atoms. The zero-order chi connectivity index (χ0) is 16.7. The number of alkyl halides is 2. The molecule has 7 heteroatoms. The summed E-state index contributed by atoms with van der Waals surface area (Å²) < 4.78 is 31.3. The van der Waals surface area contributed by atoms with Crippen molar-refractivity contribution in [1.29, 1.82) is 0 Å². The molecule has 2 rings (SSSR count). The van der Waals surface area contributed by atoms with E-state index in [0.29, 0.717) is 38.6 Å². The topological polar surface area (TPSA) is 53.6 Å². The van der Waals surface area contributed by atoms with Gasteiger partial charge in [-0.2, -0.15) is 0 Å². The number of ether oxygens (including phenoxy) is 1. The first-order valence-electron chi connectivity index (χ1n) is 8.63. The van der Waals surface area contributed by atoms with Crippen molar-refractivity contribution in [3.8, 4) is 0 Å². The lowest BCUT2D eigenvalue weighted by Gasteiger charge is -2.28. The van der Waals surface area contributed by atoms with Crippen LogP contribution in [0, 0.1) is 5.92 Å². The van der Waals surface area contributed by atoms with Gasteiger partial charge in [0.1, 0.15) is 0 Å². The number of carbonyl (C=O) groups excluding carboxylic acids is 1. The van der Waals surface area contributed by atoms with Crippen LogP contribution in [0.15, 0.2) is 0 Å². The van der Waals surface area contributed by atoms with Gasteiger partial charge < -0.3 is 15.4 Å². The van der Waals surface area contributed by atoms with Crippen LogP contribution < -0.4 is 10.6 Å². The quantitative estimate of drug-likeness (QED) is 0.751. The zero-order valence-corrected chi connectivity index (χ0v) is 14.0. The third kappa shape index (κ3) is 6.22. The summed E-state index contributed by atoms with van der Waals surface area (Å²) in [6, 6.07) is 0.171. The smallest absolute Gasteiger partial charge is 0.314 e. The zero-order valence-electron chi connectivity index (χ0n) is 14.0. The van der Waals surface area contributed by atoms with Crippen LogP contribution in [0.3, 0.4) is 0 Å². The third-order valence-corrected chi connectivity index (χ3v) is 4.97. The van der Waals surface area contributed by atoms with Crippen molar-refractivity contribution in [3.05, 3.63) is 0 Å². The van der Waals surface area contributed by atoms with Crippen LogP contribution >= 0.6 is 0 Å². The Morgan fingerprint density at radius 3 is 2.61 bits per heavy atom. The van der Waals surface area contributed by atoms with E-state index in [1.165, 1.54) is 0 Å². The fourth-order valence-corrected chi connectivity index (χ4v) is 3.44. The Labute approximate surface area is 137 Å². The van der Waals surface area contributed by atoms with Crippen LogP contribution in [-0.4, -0.2) is 62.8 Å². The molecule has 1 saturated heterocycles. The highest BCUT2D eigenvalue weighted by atomic mass is 19.3. The molecule has 23 heavy (non-hydrogen) atoms. The molecule has 2 N–H and O–H groups in total. The number of methoxy groups -OCH3 is 1. The second kappa shape index (κ2) is 8.78. The largest absolute Gasteiger partial charge is 0.383 e. The average Bonchev–Trinajstić information content (AvgIpc) is 2.97. The lowest BCUT2D eigenvalue weighted by atomic mass is 9.87. The van der Waals surface area contributed by atoms with Gasteiger partial charge in [0.2, 0.25) is 5.92 Å². The van der Waals surface area contributed by atoms with Crippen LogP contribution in [-0.2, 0) is 4.74 Å². The van der Waals surface area contributed by atoms with Gasteiger partial charge in [-0.25, -0.2) is 13.6 Å². The second-order valence-corrected chi connectivity index (χ2v) is 6.72. The number of amides is 2. The third-order valence-electron chi connectivity index (χ3n) is 4.97. The van der Waals surface area contributed by atoms with Gasteiger partial charge in [-0.05, 0) is 38.1 Å². The Morgan fingerprint density at radius 2 is 1.91 bits per heavy atom. The number of urea groups is 1. The highest BCUT2D eigenvalue weighted by Gasteiger charge is 2.34. The Kier molecular flexibility index (Phi) is 7.02. The van der Waals surface area contributed by atoms with Crippen LogP contribution in [0.5, 0.6) is 0 Å². The maximum absolute atomic E-state index is 13.1. The van der Waals surface area contributed by atoms with E-state index in [1.807, 2.05) is 0 Å². The van der Waals surface area contributed by atoms with E-state index in [2.05, 4.69) is 15.5 Å². The summed E-state index contributed by atoms with van der Waals surface area (Å²) in [7, 11) is 1.69. The molecule has 2 amide bonds. The number of nitrogens with zero attached hydrogens (tertiary/aromatic N) is 1. The minimum Gasteiger partial charge on any atom is -0.383 e. The molecular weight excluding hydrogens is 304 g/mol. The van der Waals surface area contributed by atoms with E-state index in [1.54, 1.807) is 7.11 Å². The number of likely N-dealkylation sites (tertiary alicyclic amines) is 1. The van der Waals surface area contributed by atoms with Gasteiger partial charge in [0.25, 0.3) is 0 Å². The van der Waals surface area contributed by atoms with Gasteiger partial charge in [0, 0.05) is 45.6 Å². The van der Waals surface area contributed by atoms with Crippen molar-refractivity contribution in [2.45, 2.75) is 50.5 Å². The standard InChI is InChI=1S/C16H29F2N3O2/c1-23-10-9-21-8-2-3-14(21)12-20-15(22)19-11-13-4-6-16(17,18)7-5-13/h13-14H,2-12H2,1H3,(H2,19,20,22)/t14-/m0/s1. The Hall–Kier alpha value is -0.950. The Morgan fingerprint density at radius 1 is 1.22 bits per heavy atom. The SMILES string of the molecule is COCCN1CCC[C@H]1CNC(=O)NCC1CCC(F)(F)CC1. The molecule has 2 aliphatic rings. The van der Waals surface area contributed by atoms with Gasteiger partial charge >= 0.3 is 6.03 Å². The predicted octanol–water partition coefficient (Wildman–Crippen LogP) is 2.22. The fraction of sp³-hybridized carbons (Fsp3) is 0.938. The van der Waals surface area contributed by atoms with E-state index in [9.17, 15) is 13.6 Å². The Bertz CT molecular complexity index is 372. The normalized spacial score (nSPS) is 25.4. The number of hydrogen-bond acceptors (Lipinski definition) is 3. The molecule has 0 radical (unpaired) electrons. The van der Waals surface area contributed by atoms with Gasteiger partial charge in [-0.3, -0.25) is 4.90 Å². The fourth-order valence-electron chi connectivity index (χ4n) is 3.44. The van der Waals surface area contributed by atoms with Crippen molar-refractivity contribution in [3.63, 3.8) is 0 Å². The van der Waals surface area contributed by atoms with Gasteiger partial charge in [-0.1, -0.05) is 0 Å². The highest BCUT2D eigenvalue weighted by Crippen LogP contribution is 2.35. The van der Waals surface area contributed by atoms with Crippen molar-refractivity contribution < 1.29 is 18.3 Å². The summed E-state index contributed by atoms with van der Waals surface area (Å²) in [5.41, 5.74) is 0. The van der Waals surface area contributed by atoms with Gasteiger partial charge in [-0.15, -0.1) is 0 Å². The lowest BCUT2D eigenvalue weighted by Crippen LogP contribution is -2.46. The van der Waals surface area contributed by atoms with Crippen LogP contribution in [0.1, 0.15) is 38.5 Å². The molecule has 2 fully saturated rings. The molecule has 1 aliphatic carbocycles. The predicted molar refractivity (Wildman–Crippen MR) is 84.8 cm³/mol. The van der Waals surface area contributed by atoms with E-state index < -0.39 is 5.92 Å². The first kappa shape index (κ1) is 18.4. The number of nitrogens with one attached hydrogen (secondary N) is 2. The summed E-state index contributed by atoms with van der Waals surface area (Å²) in [6.45, 7) is 3.75. The van der Waals surface area contributed by atoms with Gasteiger partial charge in [0.15, 0.2) is 0 Å². The van der Waals surface area contributed by atoms with Crippen molar-refractivity contribution >= 4 is 6.03 Å². The summed E-state index contributed by atoms with van der Waals surface area (Å²) >= 11 is 0. The molecule has 1 heterocycles. The second-order valence-electron chi connectivity index (χ2n) is 6.72. The summed E-state index contributed by atoms with van der Waals surface area (Å²) in [5, 5.41) is 5.73. The molecule has 134 valence electrons. The van der Waals surface area contributed by atoms with Crippen molar-refractivity contribution in [1.82, 2.24) is 15.5 Å². The molecule has 0 aromatic rings. The molecule has 1 atom stereocenters. The van der Waals surface area contributed by atoms with E-state index in [-0.39, 0.29) is 24.8 Å². The molecule has 0 spiro atoms. The number of rotatable bonds is 7. The first-order chi connectivity index (χ1) is 11.0. The number of halogens is 2. The number of hydrogen-bond donors (Lipinski definition) is 2. The first-order valence-corrected chi connectivity index (χ1v) is 8.63. The highest BCUT2D eigenvalue weighted by molar-refractivity contribution is 5.73. The van der Waals surface area contributed by atoms with Crippen LogP contribution in [0.2, 0.25) is 0 Å². The van der Waals surface area contributed by atoms with Crippen LogP contribution in [0.25, 0.3) is 0 Å². The molecule has 5 nitrogen and oxygen atoms in total. The van der Waals surface area contributed by atoms with Crippen molar-refractivity contribution in [2.24, 2.45) is 5.92 Å². The van der Waals surface area contributed by atoms with Gasteiger partial charge in [0.05, 0.1) is 6.61 Å². The maximum atomic E-state index is 13.1. The average molecular weight is 333 g/mol. The maximum Gasteiger partial charge on any atom is 0.314 e.